The highest BCUT2D eigenvalue weighted by Crippen LogP contribution is 2.21. The number of hydrogen-bond acceptors (Lipinski definition) is 2. The Bertz CT molecular complexity index is 352. The lowest BCUT2D eigenvalue weighted by molar-refractivity contribution is 0.159. The Morgan fingerprint density at radius 3 is 1.46 bits per heavy atom. The van der Waals surface area contributed by atoms with Crippen LogP contribution < -0.4 is 0 Å². The standard InChI is InChI=1S/C26H52N2/c1-4-6-8-10-11-12-13-14-15-16-17-18-20-22-26-27(3)24-25-28(26)23-21-19-9-7-5-2/h24-26H,4-23H2,1-3H3. The van der Waals surface area contributed by atoms with E-state index >= 15 is 0 Å². The van der Waals surface area contributed by atoms with Crippen LogP contribution in [0.2, 0.25) is 0 Å². The van der Waals surface area contributed by atoms with Gasteiger partial charge in [0, 0.05) is 26.0 Å². The fourth-order valence-corrected chi connectivity index (χ4v) is 4.46. The van der Waals surface area contributed by atoms with Crippen LogP contribution in [0.5, 0.6) is 0 Å². The summed E-state index contributed by atoms with van der Waals surface area (Å²) in [6, 6.07) is 0. The molecule has 1 unspecified atom stereocenters. The van der Waals surface area contributed by atoms with Gasteiger partial charge in [-0.05, 0) is 19.3 Å². The Kier molecular flexibility index (Phi) is 16.7. The van der Waals surface area contributed by atoms with Gasteiger partial charge < -0.3 is 9.80 Å². The molecule has 0 spiro atoms. The summed E-state index contributed by atoms with van der Waals surface area (Å²) in [6.07, 6.45) is 32.2. The maximum atomic E-state index is 2.59. The normalized spacial score (nSPS) is 16.5. The Hall–Kier alpha value is -0.660. The average Bonchev–Trinajstić information content (AvgIpc) is 3.05. The fraction of sp³-hybridized carbons (Fsp3) is 0.923. The highest BCUT2D eigenvalue weighted by molar-refractivity contribution is 4.95. The van der Waals surface area contributed by atoms with Gasteiger partial charge in [-0.3, -0.25) is 0 Å². The molecule has 2 nitrogen and oxygen atoms in total. The van der Waals surface area contributed by atoms with Crippen molar-refractivity contribution in [2.24, 2.45) is 0 Å². The van der Waals surface area contributed by atoms with Crippen LogP contribution in [-0.2, 0) is 0 Å². The molecule has 0 aromatic rings. The van der Waals surface area contributed by atoms with Gasteiger partial charge in [-0.15, -0.1) is 0 Å². The molecule has 1 aliphatic heterocycles. The summed E-state index contributed by atoms with van der Waals surface area (Å²) < 4.78 is 0. The van der Waals surface area contributed by atoms with E-state index in [9.17, 15) is 0 Å². The minimum absolute atomic E-state index is 0.624. The topological polar surface area (TPSA) is 6.48 Å². The van der Waals surface area contributed by atoms with Crippen LogP contribution in [0.4, 0.5) is 0 Å². The lowest BCUT2D eigenvalue weighted by Gasteiger charge is -2.30. The molecule has 0 aromatic heterocycles. The Morgan fingerprint density at radius 2 is 0.964 bits per heavy atom. The third kappa shape index (κ3) is 12.7. The molecule has 0 saturated heterocycles. The van der Waals surface area contributed by atoms with Crippen molar-refractivity contribution in [2.45, 2.75) is 142 Å². The van der Waals surface area contributed by atoms with Gasteiger partial charge in [0.15, 0.2) is 0 Å². The molecule has 0 radical (unpaired) electrons. The van der Waals surface area contributed by atoms with E-state index in [2.05, 4.69) is 43.1 Å². The van der Waals surface area contributed by atoms with Gasteiger partial charge in [-0.2, -0.15) is 0 Å². The monoisotopic (exact) mass is 392 g/mol. The minimum Gasteiger partial charge on any atom is -0.359 e. The van der Waals surface area contributed by atoms with Crippen LogP contribution in [0.1, 0.15) is 136 Å². The van der Waals surface area contributed by atoms with E-state index in [0.717, 1.165) is 0 Å². The predicted octanol–water partition coefficient (Wildman–Crippen LogP) is 8.48. The number of hydrogen-bond donors (Lipinski definition) is 0. The second-order valence-corrected chi connectivity index (χ2v) is 9.13. The van der Waals surface area contributed by atoms with Crippen LogP contribution in [0.25, 0.3) is 0 Å². The van der Waals surface area contributed by atoms with E-state index in [-0.39, 0.29) is 0 Å². The smallest absolute Gasteiger partial charge is 0.100 e. The third-order valence-corrected chi connectivity index (χ3v) is 6.43. The van der Waals surface area contributed by atoms with Crippen molar-refractivity contribution in [3.63, 3.8) is 0 Å². The number of nitrogens with zero attached hydrogens (tertiary/aromatic N) is 2. The predicted molar refractivity (Wildman–Crippen MR) is 126 cm³/mol. The van der Waals surface area contributed by atoms with E-state index in [0.29, 0.717) is 6.17 Å². The largest absolute Gasteiger partial charge is 0.359 e. The maximum absolute atomic E-state index is 2.59. The number of unbranched alkanes of at least 4 members (excludes halogenated alkanes) is 16. The molecule has 28 heavy (non-hydrogen) atoms. The summed E-state index contributed by atoms with van der Waals surface area (Å²) in [5, 5.41) is 0. The second kappa shape index (κ2) is 18.4. The van der Waals surface area contributed by atoms with Gasteiger partial charge in [0.05, 0.1) is 0 Å². The minimum atomic E-state index is 0.624. The van der Waals surface area contributed by atoms with Gasteiger partial charge in [0.2, 0.25) is 0 Å². The first-order chi connectivity index (χ1) is 13.8. The molecule has 1 heterocycles. The Balaban J connectivity index is 1.92. The molecule has 0 amide bonds. The van der Waals surface area contributed by atoms with Crippen molar-refractivity contribution >= 4 is 0 Å². The SMILES string of the molecule is CCCCCCCCCCCCCCCC1N(C)C=CN1CCCCCCC. The third-order valence-electron chi connectivity index (χ3n) is 6.43. The van der Waals surface area contributed by atoms with Gasteiger partial charge in [-0.1, -0.05) is 117 Å². The van der Waals surface area contributed by atoms with Crippen molar-refractivity contribution in [1.29, 1.82) is 0 Å². The zero-order valence-corrected chi connectivity index (χ0v) is 19.8. The molecular formula is C26H52N2. The summed E-state index contributed by atoms with van der Waals surface area (Å²) in [5.41, 5.74) is 0. The first kappa shape index (κ1) is 25.4. The molecule has 2 heteroatoms. The molecule has 0 N–H and O–H groups in total. The summed E-state index contributed by atoms with van der Waals surface area (Å²) in [6.45, 7) is 5.84. The van der Waals surface area contributed by atoms with E-state index in [4.69, 9.17) is 0 Å². The van der Waals surface area contributed by atoms with Crippen molar-refractivity contribution in [2.75, 3.05) is 13.6 Å². The van der Waals surface area contributed by atoms with E-state index < -0.39 is 0 Å². The molecule has 1 atom stereocenters. The molecular weight excluding hydrogens is 340 g/mol. The van der Waals surface area contributed by atoms with Crippen LogP contribution >= 0.6 is 0 Å². The van der Waals surface area contributed by atoms with Crippen molar-refractivity contribution < 1.29 is 0 Å². The first-order valence-corrected chi connectivity index (χ1v) is 13.0. The Morgan fingerprint density at radius 1 is 0.536 bits per heavy atom. The van der Waals surface area contributed by atoms with Crippen LogP contribution in [0.15, 0.2) is 12.4 Å². The lowest BCUT2D eigenvalue weighted by atomic mass is 10.0. The fourth-order valence-electron chi connectivity index (χ4n) is 4.46. The molecule has 0 bridgehead atoms. The highest BCUT2D eigenvalue weighted by Gasteiger charge is 2.22. The van der Waals surface area contributed by atoms with E-state index in [1.54, 1.807) is 0 Å². The summed E-state index contributed by atoms with van der Waals surface area (Å²) in [4.78, 5) is 5.01. The molecule has 0 aliphatic carbocycles. The number of rotatable bonds is 20. The van der Waals surface area contributed by atoms with Crippen LogP contribution in [0.3, 0.4) is 0 Å². The first-order valence-electron chi connectivity index (χ1n) is 13.0. The zero-order valence-electron chi connectivity index (χ0n) is 19.8. The van der Waals surface area contributed by atoms with E-state index in [1.807, 2.05) is 0 Å². The molecule has 1 aliphatic rings. The van der Waals surface area contributed by atoms with Crippen LogP contribution in [-0.4, -0.2) is 29.6 Å². The van der Waals surface area contributed by atoms with Crippen molar-refractivity contribution in [1.82, 2.24) is 9.80 Å². The molecule has 0 fully saturated rings. The summed E-state index contributed by atoms with van der Waals surface area (Å²) >= 11 is 0. The second-order valence-electron chi connectivity index (χ2n) is 9.13. The van der Waals surface area contributed by atoms with Crippen LogP contribution in [0, 0.1) is 0 Å². The highest BCUT2D eigenvalue weighted by atomic mass is 15.4. The zero-order chi connectivity index (χ0) is 20.3. The van der Waals surface area contributed by atoms with Crippen molar-refractivity contribution in [3.8, 4) is 0 Å². The quantitative estimate of drug-likeness (QED) is 0.192. The molecule has 166 valence electrons. The van der Waals surface area contributed by atoms with Gasteiger partial charge in [0.1, 0.15) is 6.17 Å². The van der Waals surface area contributed by atoms with Gasteiger partial charge in [-0.25, -0.2) is 0 Å². The van der Waals surface area contributed by atoms with Crippen molar-refractivity contribution in [3.05, 3.63) is 12.4 Å². The lowest BCUT2D eigenvalue weighted by Crippen LogP contribution is -2.37. The molecule has 0 aromatic carbocycles. The van der Waals surface area contributed by atoms with E-state index in [1.165, 1.54) is 129 Å². The summed E-state index contributed by atoms with van der Waals surface area (Å²) in [7, 11) is 2.25. The summed E-state index contributed by atoms with van der Waals surface area (Å²) in [5.74, 6) is 0. The van der Waals surface area contributed by atoms with Gasteiger partial charge in [0.25, 0.3) is 0 Å². The average molecular weight is 393 g/mol. The molecule has 1 rings (SSSR count). The maximum Gasteiger partial charge on any atom is 0.100 e. The Labute approximate surface area is 178 Å². The van der Waals surface area contributed by atoms with Gasteiger partial charge >= 0.3 is 0 Å². The molecule has 0 saturated carbocycles.